The number of aliphatic hydroxyl groups is 1. The third-order valence-electron chi connectivity index (χ3n) is 7.80. The number of hydrogen-bond donors (Lipinski definition) is 1. The lowest BCUT2D eigenvalue weighted by atomic mass is 9.74. The van der Waals surface area contributed by atoms with Crippen LogP contribution in [-0.2, 0) is 4.74 Å². The van der Waals surface area contributed by atoms with E-state index in [1.165, 1.54) is 24.8 Å². The Balaban J connectivity index is 1.72. The topological polar surface area (TPSA) is 29.5 Å². The van der Waals surface area contributed by atoms with E-state index in [2.05, 4.69) is 53.7 Å². The Morgan fingerprint density at radius 2 is 2.00 bits per heavy atom. The van der Waals surface area contributed by atoms with Crippen molar-refractivity contribution in [2.24, 2.45) is 17.8 Å². The van der Waals surface area contributed by atoms with Gasteiger partial charge in [0.15, 0.2) is 0 Å². The lowest BCUT2D eigenvalue weighted by Gasteiger charge is -2.46. The molecule has 1 N–H and O–H groups in total. The van der Waals surface area contributed by atoms with Crippen molar-refractivity contribution in [3.63, 3.8) is 0 Å². The smallest absolute Gasteiger partial charge is 0.0820 e. The Labute approximate surface area is 187 Å². The van der Waals surface area contributed by atoms with Crippen LogP contribution < -0.4 is 0 Å². The first-order chi connectivity index (χ1) is 14.0. The number of allylic oxidation sites excluding steroid dienone is 3. The molecule has 2 heteroatoms. The summed E-state index contributed by atoms with van der Waals surface area (Å²) in [7, 11) is 0. The molecular weight excluding hydrogens is 368 g/mol. The molecule has 0 aromatic rings. The van der Waals surface area contributed by atoms with Crippen molar-refractivity contribution < 1.29 is 9.84 Å². The summed E-state index contributed by atoms with van der Waals surface area (Å²) in [5, 5.41) is 10.6. The minimum atomic E-state index is -0.502. The summed E-state index contributed by atoms with van der Waals surface area (Å²) in [6.45, 7) is 15.8. The van der Waals surface area contributed by atoms with Crippen LogP contribution in [0.3, 0.4) is 0 Å². The highest BCUT2D eigenvalue weighted by Crippen LogP contribution is 2.43. The molecule has 0 aromatic carbocycles. The molecule has 2 aliphatic rings. The van der Waals surface area contributed by atoms with Crippen molar-refractivity contribution in [2.45, 2.75) is 136 Å². The summed E-state index contributed by atoms with van der Waals surface area (Å²) in [5.74, 6) is 2.09. The molecule has 0 bridgehead atoms. The highest BCUT2D eigenvalue weighted by molar-refractivity contribution is 5.18. The van der Waals surface area contributed by atoms with Crippen LogP contribution >= 0.6 is 0 Å². The molecular formula is C28H50O2. The van der Waals surface area contributed by atoms with Crippen molar-refractivity contribution in [3.8, 4) is 0 Å². The fourth-order valence-corrected chi connectivity index (χ4v) is 5.18. The largest absolute Gasteiger partial charge is 0.390 e. The second kappa shape index (κ2) is 11.3. The minimum Gasteiger partial charge on any atom is -0.390 e. The molecule has 0 aromatic heterocycles. The molecule has 2 nitrogen and oxygen atoms in total. The Hall–Kier alpha value is -0.600. The first-order valence-electron chi connectivity index (χ1n) is 12.8. The number of hydrogen-bond acceptors (Lipinski definition) is 2. The third kappa shape index (κ3) is 8.15. The van der Waals surface area contributed by atoms with Gasteiger partial charge in [0.1, 0.15) is 0 Å². The van der Waals surface area contributed by atoms with Crippen LogP contribution in [0.1, 0.15) is 119 Å². The van der Waals surface area contributed by atoms with Gasteiger partial charge in [0.05, 0.1) is 17.3 Å². The second-order valence-electron chi connectivity index (χ2n) is 11.6. The lowest BCUT2D eigenvalue weighted by Crippen LogP contribution is -2.44. The molecule has 0 saturated carbocycles. The Kier molecular flexibility index (Phi) is 9.68. The van der Waals surface area contributed by atoms with Crippen LogP contribution in [-0.4, -0.2) is 22.4 Å². The fourth-order valence-electron chi connectivity index (χ4n) is 5.18. The monoisotopic (exact) mass is 418 g/mol. The van der Waals surface area contributed by atoms with Gasteiger partial charge in [0, 0.05) is 0 Å². The van der Waals surface area contributed by atoms with Crippen molar-refractivity contribution in [2.75, 3.05) is 0 Å². The van der Waals surface area contributed by atoms with E-state index in [0.29, 0.717) is 12.0 Å². The Bertz CT molecular complexity index is 585. The van der Waals surface area contributed by atoms with Gasteiger partial charge in [-0.25, -0.2) is 0 Å². The predicted octanol–water partition coefficient (Wildman–Crippen LogP) is 8.00. The van der Waals surface area contributed by atoms with E-state index in [9.17, 15) is 5.11 Å². The summed E-state index contributed by atoms with van der Waals surface area (Å²) in [6.07, 6.45) is 17.4. The van der Waals surface area contributed by atoms with E-state index in [0.717, 1.165) is 63.2 Å². The van der Waals surface area contributed by atoms with Gasteiger partial charge >= 0.3 is 0 Å². The molecule has 0 amide bonds. The molecule has 5 unspecified atom stereocenters. The van der Waals surface area contributed by atoms with Gasteiger partial charge in [-0.2, -0.15) is 0 Å². The zero-order chi connectivity index (χ0) is 22.4. The van der Waals surface area contributed by atoms with Crippen LogP contribution in [0.5, 0.6) is 0 Å². The van der Waals surface area contributed by atoms with Crippen molar-refractivity contribution in [1.82, 2.24) is 0 Å². The van der Waals surface area contributed by atoms with Crippen LogP contribution in [0.4, 0.5) is 0 Å². The number of fused-ring (bicyclic) bond motifs is 1. The molecule has 5 atom stereocenters. The summed E-state index contributed by atoms with van der Waals surface area (Å²) in [5.41, 5.74) is 2.54. The van der Waals surface area contributed by atoms with E-state index >= 15 is 0 Å². The second-order valence-corrected chi connectivity index (χ2v) is 11.6. The molecule has 1 fully saturated rings. The third-order valence-corrected chi connectivity index (χ3v) is 7.80. The van der Waals surface area contributed by atoms with Crippen LogP contribution in [0.15, 0.2) is 23.3 Å². The molecule has 0 radical (unpaired) electrons. The average Bonchev–Trinajstić information content (AvgIpc) is 2.64. The van der Waals surface area contributed by atoms with Gasteiger partial charge in [0.2, 0.25) is 0 Å². The number of rotatable bonds is 11. The summed E-state index contributed by atoms with van der Waals surface area (Å²) >= 11 is 0. The molecule has 30 heavy (non-hydrogen) atoms. The van der Waals surface area contributed by atoms with Crippen molar-refractivity contribution in [1.29, 1.82) is 0 Å². The van der Waals surface area contributed by atoms with Gasteiger partial charge < -0.3 is 9.84 Å². The highest BCUT2D eigenvalue weighted by Gasteiger charge is 2.40. The molecule has 1 aliphatic carbocycles. The SMILES string of the molecule is C/C(=C\CCC1(C)CCC2=CCC(C)C(C)C2O1)CCCC(C)(O)CCCC(C)C. The molecule has 0 spiro atoms. The summed E-state index contributed by atoms with van der Waals surface area (Å²) in [4.78, 5) is 0. The predicted molar refractivity (Wildman–Crippen MR) is 130 cm³/mol. The number of ether oxygens (including phenoxy) is 1. The van der Waals surface area contributed by atoms with Crippen molar-refractivity contribution >= 4 is 0 Å². The maximum absolute atomic E-state index is 10.6. The molecule has 1 aliphatic heterocycles. The van der Waals surface area contributed by atoms with E-state index in [1.54, 1.807) is 5.57 Å². The van der Waals surface area contributed by atoms with Gasteiger partial charge in [0.25, 0.3) is 0 Å². The molecule has 1 saturated heterocycles. The molecule has 2 rings (SSSR count). The first-order valence-corrected chi connectivity index (χ1v) is 12.8. The maximum atomic E-state index is 10.6. The average molecular weight is 419 g/mol. The Morgan fingerprint density at radius 3 is 2.70 bits per heavy atom. The quantitative estimate of drug-likeness (QED) is 0.344. The van der Waals surface area contributed by atoms with E-state index in [1.807, 2.05) is 6.92 Å². The lowest BCUT2D eigenvalue weighted by molar-refractivity contribution is -0.123. The van der Waals surface area contributed by atoms with Gasteiger partial charge in [-0.1, -0.05) is 58.3 Å². The molecule has 1 heterocycles. The zero-order valence-electron chi connectivity index (χ0n) is 21.1. The van der Waals surface area contributed by atoms with Gasteiger partial charge in [-0.3, -0.25) is 0 Å². The van der Waals surface area contributed by atoms with Crippen molar-refractivity contribution in [3.05, 3.63) is 23.3 Å². The van der Waals surface area contributed by atoms with E-state index in [-0.39, 0.29) is 5.60 Å². The zero-order valence-corrected chi connectivity index (χ0v) is 21.1. The summed E-state index contributed by atoms with van der Waals surface area (Å²) in [6, 6.07) is 0. The normalized spacial score (nSPS) is 32.0. The fraction of sp³-hybridized carbons (Fsp3) is 0.857. The molecule has 174 valence electrons. The Morgan fingerprint density at radius 1 is 1.30 bits per heavy atom. The standard InChI is InChI=1S/C28H50O2/c1-21(2)11-8-17-27(6,29)18-9-12-22(3)13-10-19-28(7)20-16-25-15-14-23(4)24(5)26(25)30-28/h13,15,21,23-24,26,29H,8-12,14,16-20H2,1-7H3/b22-13+. The van der Waals surface area contributed by atoms with E-state index < -0.39 is 5.60 Å². The minimum absolute atomic E-state index is 0.0180. The van der Waals surface area contributed by atoms with E-state index in [4.69, 9.17) is 4.74 Å². The maximum Gasteiger partial charge on any atom is 0.0820 e. The summed E-state index contributed by atoms with van der Waals surface area (Å²) < 4.78 is 6.69. The van der Waals surface area contributed by atoms with Crippen LogP contribution in [0.25, 0.3) is 0 Å². The van der Waals surface area contributed by atoms with Gasteiger partial charge in [-0.05, 0) is 102 Å². The van der Waals surface area contributed by atoms with Gasteiger partial charge in [-0.15, -0.1) is 0 Å². The highest BCUT2D eigenvalue weighted by atomic mass is 16.5. The van der Waals surface area contributed by atoms with Crippen LogP contribution in [0.2, 0.25) is 0 Å². The first kappa shape index (κ1) is 25.7. The van der Waals surface area contributed by atoms with Crippen LogP contribution in [0, 0.1) is 17.8 Å².